The first-order valence-corrected chi connectivity index (χ1v) is 10.7. The van der Waals surface area contributed by atoms with E-state index in [-0.39, 0.29) is 1.43 Å². The molecule has 0 radical (unpaired) electrons. The fourth-order valence-electron chi connectivity index (χ4n) is 3.90. The molecular formula is C23H28N8. The van der Waals surface area contributed by atoms with Crippen LogP contribution in [0.25, 0.3) is 5.65 Å². The highest BCUT2D eigenvalue weighted by Gasteiger charge is 2.16. The first kappa shape index (κ1) is 19.3. The Morgan fingerprint density at radius 1 is 0.968 bits per heavy atom. The molecule has 5 rings (SSSR count). The molecule has 5 heterocycles. The van der Waals surface area contributed by atoms with Gasteiger partial charge in [-0.1, -0.05) is 6.92 Å². The molecule has 0 bridgehead atoms. The standard InChI is InChI=1S/C23H26N8.H2/c1-3-17-12-16(2)13-19(25-17)27-23-28-20(15-22(29-23)30-8-4-5-9-30)26-18-6-10-31-11-7-24-21(31)14-18;/h6-7,10-15H,3-5,8-9H2,1-2H3,(H2,25,26,27,28,29);1H. The van der Waals surface area contributed by atoms with Crippen LogP contribution < -0.4 is 15.5 Å². The highest BCUT2D eigenvalue weighted by atomic mass is 15.3. The van der Waals surface area contributed by atoms with Crippen LogP contribution in [0.4, 0.5) is 29.1 Å². The maximum atomic E-state index is 4.79. The van der Waals surface area contributed by atoms with E-state index in [1.165, 1.54) is 12.8 Å². The normalized spacial score (nSPS) is 13.7. The predicted molar refractivity (Wildman–Crippen MR) is 126 cm³/mol. The Balaban J connectivity index is 0.00000245. The third-order valence-electron chi connectivity index (χ3n) is 5.44. The van der Waals surface area contributed by atoms with Crippen molar-refractivity contribution in [3.05, 3.63) is 60.2 Å². The minimum absolute atomic E-state index is 0. The van der Waals surface area contributed by atoms with Crippen LogP contribution in [0.2, 0.25) is 0 Å². The van der Waals surface area contributed by atoms with E-state index in [0.29, 0.717) is 5.95 Å². The Morgan fingerprint density at radius 2 is 1.81 bits per heavy atom. The molecule has 1 saturated heterocycles. The van der Waals surface area contributed by atoms with Gasteiger partial charge in [0.05, 0.1) is 0 Å². The van der Waals surface area contributed by atoms with Crippen LogP contribution in [0.1, 0.15) is 32.4 Å². The molecule has 0 aromatic carbocycles. The van der Waals surface area contributed by atoms with E-state index < -0.39 is 0 Å². The average molecular weight is 417 g/mol. The summed E-state index contributed by atoms with van der Waals surface area (Å²) >= 11 is 0. The molecule has 1 aliphatic rings. The lowest BCUT2D eigenvalue weighted by Crippen LogP contribution is -2.20. The average Bonchev–Trinajstić information content (AvgIpc) is 3.45. The summed E-state index contributed by atoms with van der Waals surface area (Å²) < 4.78 is 1.97. The summed E-state index contributed by atoms with van der Waals surface area (Å²) in [5.74, 6) is 2.95. The number of aromatic nitrogens is 5. The Morgan fingerprint density at radius 3 is 2.65 bits per heavy atom. The number of nitrogens with zero attached hydrogens (tertiary/aromatic N) is 6. The highest BCUT2D eigenvalue weighted by Crippen LogP contribution is 2.26. The van der Waals surface area contributed by atoms with Crippen LogP contribution in [0.5, 0.6) is 0 Å². The van der Waals surface area contributed by atoms with Crippen LogP contribution in [0.15, 0.2) is 48.9 Å². The molecule has 0 unspecified atom stereocenters. The van der Waals surface area contributed by atoms with E-state index in [2.05, 4.69) is 45.4 Å². The molecule has 0 amide bonds. The summed E-state index contributed by atoms with van der Waals surface area (Å²) in [7, 11) is 0. The maximum absolute atomic E-state index is 4.79. The number of imidazole rings is 1. The second kappa shape index (κ2) is 8.22. The molecule has 0 atom stereocenters. The predicted octanol–water partition coefficient (Wildman–Crippen LogP) is 4.72. The van der Waals surface area contributed by atoms with Crippen molar-refractivity contribution in [2.75, 3.05) is 28.6 Å². The third-order valence-corrected chi connectivity index (χ3v) is 5.44. The maximum Gasteiger partial charge on any atom is 0.232 e. The summed E-state index contributed by atoms with van der Waals surface area (Å²) in [6.07, 6.45) is 8.95. The van der Waals surface area contributed by atoms with Crippen LogP contribution in [-0.2, 0) is 6.42 Å². The first-order valence-electron chi connectivity index (χ1n) is 10.7. The number of nitrogens with one attached hydrogen (secondary N) is 2. The minimum Gasteiger partial charge on any atom is -0.356 e. The molecule has 0 aliphatic carbocycles. The number of aryl methyl sites for hydroxylation is 2. The van der Waals surface area contributed by atoms with Crippen LogP contribution in [0, 0.1) is 6.92 Å². The molecule has 1 fully saturated rings. The van der Waals surface area contributed by atoms with Gasteiger partial charge in [-0.25, -0.2) is 9.97 Å². The van der Waals surface area contributed by atoms with E-state index in [0.717, 1.165) is 59.6 Å². The smallest absolute Gasteiger partial charge is 0.232 e. The summed E-state index contributed by atoms with van der Waals surface area (Å²) in [4.78, 5) is 20.9. The fourth-order valence-corrected chi connectivity index (χ4v) is 3.90. The van der Waals surface area contributed by atoms with Crippen LogP contribution >= 0.6 is 0 Å². The van der Waals surface area contributed by atoms with Gasteiger partial charge in [0.2, 0.25) is 5.95 Å². The number of anilines is 5. The molecule has 1 aliphatic heterocycles. The van der Waals surface area contributed by atoms with Crippen molar-refractivity contribution < 1.29 is 1.43 Å². The van der Waals surface area contributed by atoms with E-state index >= 15 is 0 Å². The second-order valence-electron chi connectivity index (χ2n) is 7.86. The van der Waals surface area contributed by atoms with Crippen molar-refractivity contribution in [1.82, 2.24) is 24.3 Å². The number of fused-ring (bicyclic) bond motifs is 1. The number of pyridine rings is 2. The summed E-state index contributed by atoms with van der Waals surface area (Å²) in [6, 6.07) is 10.1. The van der Waals surface area contributed by atoms with Crippen molar-refractivity contribution in [1.29, 1.82) is 0 Å². The lowest BCUT2D eigenvalue weighted by molar-refractivity contribution is 0.929. The first-order chi connectivity index (χ1) is 15.2. The molecule has 4 aromatic rings. The molecule has 8 heteroatoms. The van der Waals surface area contributed by atoms with Gasteiger partial charge in [-0.15, -0.1) is 0 Å². The number of hydrogen-bond acceptors (Lipinski definition) is 7. The number of hydrogen-bond donors (Lipinski definition) is 2. The zero-order valence-corrected chi connectivity index (χ0v) is 17.8. The summed E-state index contributed by atoms with van der Waals surface area (Å²) in [5, 5.41) is 6.74. The molecule has 2 N–H and O–H groups in total. The Kier molecular flexibility index (Phi) is 5.11. The van der Waals surface area contributed by atoms with Gasteiger partial charge in [0.15, 0.2) is 0 Å². The van der Waals surface area contributed by atoms with Gasteiger partial charge in [0, 0.05) is 56.6 Å². The molecule has 0 spiro atoms. The largest absolute Gasteiger partial charge is 0.356 e. The fraction of sp³-hybridized carbons (Fsp3) is 0.304. The lowest BCUT2D eigenvalue weighted by atomic mass is 10.2. The molecule has 4 aromatic heterocycles. The monoisotopic (exact) mass is 416 g/mol. The second-order valence-corrected chi connectivity index (χ2v) is 7.86. The van der Waals surface area contributed by atoms with Crippen LogP contribution in [0.3, 0.4) is 0 Å². The Bertz CT molecular complexity index is 1220. The molecule has 0 saturated carbocycles. The van der Waals surface area contributed by atoms with Crippen molar-refractivity contribution in [3.63, 3.8) is 0 Å². The van der Waals surface area contributed by atoms with Gasteiger partial charge in [-0.05, 0) is 49.9 Å². The molecule has 160 valence electrons. The van der Waals surface area contributed by atoms with Gasteiger partial charge >= 0.3 is 0 Å². The van der Waals surface area contributed by atoms with Gasteiger partial charge in [-0.2, -0.15) is 9.97 Å². The van der Waals surface area contributed by atoms with Crippen molar-refractivity contribution in [2.45, 2.75) is 33.1 Å². The van der Waals surface area contributed by atoms with Gasteiger partial charge in [0.25, 0.3) is 0 Å². The van der Waals surface area contributed by atoms with Gasteiger partial charge < -0.3 is 19.9 Å². The van der Waals surface area contributed by atoms with E-state index in [1.807, 2.05) is 41.1 Å². The molecule has 8 nitrogen and oxygen atoms in total. The summed E-state index contributed by atoms with van der Waals surface area (Å²) in [6.45, 7) is 6.21. The summed E-state index contributed by atoms with van der Waals surface area (Å²) in [5.41, 5.74) is 4.02. The highest BCUT2D eigenvalue weighted by molar-refractivity contribution is 5.66. The SMILES string of the molecule is CCc1cc(C)cc(Nc2nc(Nc3ccn4ccnc4c3)cc(N3CCCC3)n2)n1.[HH]. The minimum atomic E-state index is 0. The van der Waals surface area contributed by atoms with E-state index in [1.54, 1.807) is 6.20 Å². The zero-order valence-electron chi connectivity index (χ0n) is 17.8. The molecule has 31 heavy (non-hydrogen) atoms. The van der Waals surface area contributed by atoms with Gasteiger partial charge in [0.1, 0.15) is 23.1 Å². The number of rotatable bonds is 6. The Labute approximate surface area is 182 Å². The van der Waals surface area contributed by atoms with E-state index in [9.17, 15) is 0 Å². The Hall–Kier alpha value is -3.68. The van der Waals surface area contributed by atoms with Crippen molar-refractivity contribution >= 4 is 34.7 Å². The topological polar surface area (TPSA) is 83.3 Å². The van der Waals surface area contributed by atoms with Gasteiger partial charge in [-0.3, -0.25) is 0 Å². The van der Waals surface area contributed by atoms with Crippen molar-refractivity contribution in [3.8, 4) is 0 Å². The van der Waals surface area contributed by atoms with E-state index in [4.69, 9.17) is 9.97 Å². The van der Waals surface area contributed by atoms with Crippen LogP contribution in [-0.4, -0.2) is 37.4 Å². The lowest BCUT2D eigenvalue weighted by Gasteiger charge is -2.19. The zero-order chi connectivity index (χ0) is 21.2. The molecular weight excluding hydrogens is 388 g/mol. The third kappa shape index (κ3) is 4.28. The quantitative estimate of drug-likeness (QED) is 0.470. The van der Waals surface area contributed by atoms with Crippen molar-refractivity contribution in [2.24, 2.45) is 0 Å².